The standard InChI is InChI=1S/C15H21FN2O3/c1-4-18(12-7-5-11(16)6-8-12)15(21)17-13(14(19)20)9-10(2)3/h5-8,10,13H,4,9H2,1-3H3,(H,17,21)(H,19,20)/t13-/m0/s1. The van der Waals surface area contributed by atoms with Crippen molar-refractivity contribution >= 4 is 17.7 Å². The van der Waals surface area contributed by atoms with Gasteiger partial charge in [-0.05, 0) is 43.5 Å². The minimum Gasteiger partial charge on any atom is -0.480 e. The molecule has 0 saturated carbocycles. The van der Waals surface area contributed by atoms with Crippen LogP contribution in [0.4, 0.5) is 14.9 Å². The number of halogens is 1. The summed E-state index contributed by atoms with van der Waals surface area (Å²) in [6.07, 6.45) is 0.349. The van der Waals surface area contributed by atoms with Gasteiger partial charge in [-0.15, -0.1) is 0 Å². The molecule has 0 radical (unpaired) electrons. The van der Waals surface area contributed by atoms with Crippen LogP contribution in [0.5, 0.6) is 0 Å². The maximum atomic E-state index is 12.9. The molecule has 1 rings (SSSR count). The number of rotatable bonds is 6. The van der Waals surface area contributed by atoms with Crippen LogP contribution in [0.25, 0.3) is 0 Å². The van der Waals surface area contributed by atoms with E-state index in [1.807, 2.05) is 13.8 Å². The monoisotopic (exact) mass is 296 g/mol. The Balaban J connectivity index is 2.82. The summed E-state index contributed by atoms with van der Waals surface area (Å²) in [5.41, 5.74) is 0.519. The van der Waals surface area contributed by atoms with E-state index in [4.69, 9.17) is 5.11 Å². The Morgan fingerprint density at radius 2 is 1.86 bits per heavy atom. The van der Waals surface area contributed by atoms with Crippen LogP contribution in [0.2, 0.25) is 0 Å². The molecule has 1 aromatic carbocycles. The lowest BCUT2D eigenvalue weighted by molar-refractivity contribution is -0.139. The average Bonchev–Trinajstić information content (AvgIpc) is 2.40. The predicted molar refractivity (Wildman–Crippen MR) is 78.8 cm³/mol. The predicted octanol–water partition coefficient (Wildman–Crippen LogP) is 2.86. The van der Waals surface area contributed by atoms with Crippen molar-refractivity contribution in [3.05, 3.63) is 30.1 Å². The third-order valence-corrected chi connectivity index (χ3v) is 3.00. The second kappa shape index (κ2) is 7.61. The first-order valence-corrected chi connectivity index (χ1v) is 6.91. The van der Waals surface area contributed by atoms with Gasteiger partial charge in [-0.2, -0.15) is 0 Å². The topological polar surface area (TPSA) is 69.6 Å². The lowest BCUT2D eigenvalue weighted by atomic mass is 10.0. The first kappa shape index (κ1) is 16.9. The van der Waals surface area contributed by atoms with Gasteiger partial charge in [-0.3, -0.25) is 4.90 Å². The molecule has 21 heavy (non-hydrogen) atoms. The number of hydrogen-bond acceptors (Lipinski definition) is 2. The van der Waals surface area contributed by atoms with Crippen molar-refractivity contribution in [1.29, 1.82) is 0 Å². The van der Waals surface area contributed by atoms with E-state index in [0.29, 0.717) is 18.7 Å². The molecule has 0 aliphatic rings. The zero-order valence-electron chi connectivity index (χ0n) is 12.5. The van der Waals surface area contributed by atoms with Crippen molar-refractivity contribution in [2.75, 3.05) is 11.4 Å². The van der Waals surface area contributed by atoms with Crippen LogP contribution >= 0.6 is 0 Å². The fourth-order valence-electron chi connectivity index (χ4n) is 1.98. The maximum absolute atomic E-state index is 12.9. The van der Waals surface area contributed by atoms with Crippen LogP contribution in [-0.2, 0) is 4.79 Å². The lowest BCUT2D eigenvalue weighted by Crippen LogP contribution is -2.48. The molecule has 0 saturated heterocycles. The molecule has 0 unspecified atom stereocenters. The second-order valence-corrected chi connectivity index (χ2v) is 5.19. The zero-order valence-corrected chi connectivity index (χ0v) is 12.5. The van der Waals surface area contributed by atoms with Gasteiger partial charge in [0.2, 0.25) is 0 Å². The summed E-state index contributed by atoms with van der Waals surface area (Å²) in [6.45, 7) is 5.89. The number of carbonyl (C=O) groups is 2. The second-order valence-electron chi connectivity index (χ2n) is 5.19. The number of aliphatic carboxylic acids is 1. The van der Waals surface area contributed by atoms with E-state index in [1.54, 1.807) is 6.92 Å². The van der Waals surface area contributed by atoms with Crippen molar-refractivity contribution in [3.63, 3.8) is 0 Å². The molecule has 116 valence electrons. The third-order valence-electron chi connectivity index (χ3n) is 3.00. The highest BCUT2D eigenvalue weighted by Crippen LogP contribution is 2.15. The number of benzene rings is 1. The summed E-state index contributed by atoms with van der Waals surface area (Å²) in [5, 5.41) is 11.7. The third kappa shape index (κ3) is 5.06. The van der Waals surface area contributed by atoms with Crippen LogP contribution in [0.1, 0.15) is 27.2 Å². The van der Waals surface area contributed by atoms with Crippen LogP contribution in [0.15, 0.2) is 24.3 Å². The van der Waals surface area contributed by atoms with Crippen LogP contribution in [-0.4, -0.2) is 29.7 Å². The Morgan fingerprint density at radius 3 is 2.29 bits per heavy atom. The lowest BCUT2D eigenvalue weighted by Gasteiger charge is -2.24. The smallest absolute Gasteiger partial charge is 0.326 e. The molecule has 2 N–H and O–H groups in total. The van der Waals surface area contributed by atoms with Crippen LogP contribution in [0, 0.1) is 11.7 Å². The SMILES string of the molecule is CCN(C(=O)N[C@@H](CC(C)C)C(=O)O)c1ccc(F)cc1. The number of nitrogens with one attached hydrogen (secondary N) is 1. The van der Waals surface area contributed by atoms with Crippen molar-refractivity contribution in [2.24, 2.45) is 5.92 Å². The number of nitrogens with zero attached hydrogens (tertiary/aromatic N) is 1. The number of carbonyl (C=O) groups excluding carboxylic acids is 1. The normalized spacial score (nSPS) is 12.0. The summed E-state index contributed by atoms with van der Waals surface area (Å²) in [6, 6.07) is 4.04. The Hall–Kier alpha value is -2.11. The molecule has 1 aromatic rings. The highest BCUT2D eigenvalue weighted by Gasteiger charge is 2.24. The van der Waals surface area contributed by atoms with Crippen molar-refractivity contribution in [3.8, 4) is 0 Å². The molecule has 0 bridgehead atoms. The number of urea groups is 1. The Morgan fingerprint density at radius 1 is 1.29 bits per heavy atom. The van der Waals surface area contributed by atoms with Gasteiger partial charge in [-0.1, -0.05) is 13.8 Å². The van der Waals surface area contributed by atoms with Crippen molar-refractivity contribution in [1.82, 2.24) is 5.32 Å². The summed E-state index contributed by atoms with van der Waals surface area (Å²) in [7, 11) is 0. The van der Waals surface area contributed by atoms with Gasteiger partial charge >= 0.3 is 12.0 Å². The van der Waals surface area contributed by atoms with Crippen LogP contribution < -0.4 is 10.2 Å². The van der Waals surface area contributed by atoms with Gasteiger partial charge in [0, 0.05) is 12.2 Å². The van der Waals surface area contributed by atoms with Gasteiger partial charge in [0.05, 0.1) is 0 Å². The molecule has 2 amide bonds. The minimum atomic E-state index is -1.06. The first-order valence-electron chi connectivity index (χ1n) is 6.91. The fourth-order valence-corrected chi connectivity index (χ4v) is 1.98. The number of anilines is 1. The fraction of sp³-hybridized carbons (Fsp3) is 0.467. The number of carboxylic acid groups (broad SMARTS) is 1. The average molecular weight is 296 g/mol. The van der Waals surface area contributed by atoms with Gasteiger partial charge in [0.1, 0.15) is 11.9 Å². The highest BCUT2D eigenvalue weighted by molar-refractivity contribution is 5.94. The molecule has 0 fully saturated rings. The first-order chi connectivity index (χ1) is 9.85. The highest BCUT2D eigenvalue weighted by atomic mass is 19.1. The van der Waals surface area contributed by atoms with Gasteiger partial charge in [-0.25, -0.2) is 14.0 Å². The maximum Gasteiger partial charge on any atom is 0.326 e. The van der Waals surface area contributed by atoms with E-state index in [1.165, 1.54) is 29.2 Å². The van der Waals surface area contributed by atoms with Crippen molar-refractivity contribution in [2.45, 2.75) is 33.2 Å². The molecule has 0 spiro atoms. The molecular weight excluding hydrogens is 275 g/mol. The number of amides is 2. The van der Waals surface area contributed by atoms with E-state index in [-0.39, 0.29) is 5.92 Å². The van der Waals surface area contributed by atoms with Gasteiger partial charge < -0.3 is 10.4 Å². The molecule has 0 heterocycles. The molecule has 0 aliphatic heterocycles. The summed E-state index contributed by atoms with van der Waals surface area (Å²) >= 11 is 0. The van der Waals surface area contributed by atoms with Crippen molar-refractivity contribution < 1.29 is 19.1 Å². The molecule has 1 atom stereocenters. The van der Waals surface area contributed by atoms with Gasteiger partial charge in [0.15, 0.2) is 0 Å². The Labute approximate surface area is 123 Å². The largest absolute Gasteiger partial charge is 0.480 e. The molecule has 0 aromatic heterocycles. The number of carboxylic acids is 1. The zero-order chi connectivity index (χ0) is 16.0. The minimum absolute atomic E-state index is 0.146. The summed E-state index contributed by atoms with van der Waals surface area (Å²) < 4.78 is 12.9. The van der Waals surface area contributed by atoms with E-state index >= 15 is 0 Å². The van der Waals surface area contributed by atoms with E-state index < -0.39 is 23.9 Å². The quantitative estimate of drug-likeness (QED) is 0.848. The van der Waals surface area contributed by atoms with E-state index in [0.717, 1.165) is 0 Å². The number of hydrogen-bond donors (Lipinski definition) is 2. The van der Waals surface area contributed by atoms with Gasteiger partial charge in [0.25, 0.3) is 0 Å². The van der Waals surface area contributed by atoms with E-state index in [9.17, 15) is 14.0 Å². The summed E-state index contributed by atoms with van der Waals surface area (Å²) in [5.74, 6) is -1.31. The Bertz CT molecular complexity index is 488. The molecule has 5 nitrogen and oxygen atoms in total. The summed E-state index contributed by atoms with van der Waals surface area (Å²) in [4.78, 5) is 24.8. The van der Waals surface area contributed by atoms with E-state index in [2.05, 4.69) is 5.32 Å². The molecule has 6 heteroatoms. The molecular formula is C15H21FN2O3. The van der Waals surface area contributed by atoms with Crippen LogP contribution in [0.3, 0.4) is 0 Å². The Kier molecular flexibility index (Phi) is 6.14. The molecule has 0 aliphatic carbocycles.